The Kier molecular flexibility index (Phi) is 11.1. The van der Waals surface area contributed by atoms with Gasteiger partial charge in [-0.25, -0.2) is 9.59 Å². The van der Waals surface area contributed by atoms with E-state index in [1.54, 1.807) is 41.0 Å². The maximum absolute atomic E-state index is 12.9. The fourth-order valence-electron chi connectivity index (χ4n) is 4.66. The van der Waals surface area contributed by atoms with Gasteiger partial charge >= 0.3 is 18.0 Å². The van der Waals surface area contributed by atoms with E-state index < -0.39 is 29.7 Å². The highest BCUT2D eigenvalue weighted by atomic mass is 16.7. The first-order valence-corrected chi connectivity index (χ1v) is 13.9. The van der Waals surface area contributed by atoms with Gasteiger partial charge in [0.2, 0.25) is 5.91 Å². The third kappa shape index (κ3) is 9.44. The number of Topliss-reactive ketones (excluding diaryl/α,β-unsaturated/α-hetero) is 1. The number of benzene rings is 1. The van der Waals surface area contributed by atoms with E-state index in [-0.39, 0.29) is 44.0 Å². The molecule has 1 aromatic carbocycles. The number of likely N-dealkylation sites (tertiary alicyclic amines) is 1. The van der Waals surface area contributed by atoms with E-state index in [1.807, 2.05) is 20.8 Å². The monoisotopic (exact) mass is 575 g/mol. The lowest BCUT2D eigenvalue weighted by Crippen LogP contribution is -2.56. The van der Waals surface area contributed by atoms with Gasteiger partial charge in [-0.05, 0) is 44.0 Å². The van der Waals surface area contributed by atoms with E-state index in [0.717, 1.165) is 0 Å². The number of hydrogen-bond donors (Lipinski definition) is 0. The van der Waals surface area contributed by atoms with E-state index in [1.165, 1.54) is 6.92 Å². The smallest absolute Gasteiger partial charge is 0.412 e. The summed E-state index contributed by atoms with van der Waals surface area (Å²) in [4.78, 5) is 66.5. The van der Waals surface area contributed by atoms with Gasteiger partial charge in [-0.3, -0.25) is 19.3 Å². The van der Waals surface area contributed by atoms with E-state index >= 15 is 0 Å². The summed E-state index contributed by atoms with van der Waals surface area (Å²) in [6, 6.07) is 6.56. The number of carbonyl (C=O) groups is 5. The first kappa shape index (κ1) is 31.9. The van der Waals surface area contributed by atoms with Gasteiger partial charge in [0, 0.05) is 50.1 Å². The molecule has 2 saturated heterocycles. The molecule has 12 heteroatoms. The van der Waals surface area contributed by atoms with Crippen LogP contribution in [-0.4, -0.2) is 109 Å². The highest BCUT2D eigenvalue weighted by Crippen LogP contribution is 2.26. The van der Waals surface area contributed by atoms with Crippen LogP contribution >= 0.6 is 0 Å². The summed E-state index contributed by atoms with van der Waals surface area (Å²) < 4.78 is 20.9. The Hall–Kier alpha value is -3.67. The molecule has 3 rings (SSSR count). The van der Waals surface area contributed by atoms with Crippen molar-refractivity contribution < 1.29 is 42.9 Å². The molecule has 0 aromatic heterocycles. The molecule has 0 bridgehead atoms. The molecule has 0 N–H and O–H groups in total. The normalized spacial score (nSPS) is 17.5. The molecule has 1 aromatic rings. The van der Waals surface area contributed by atoms with Crippen molar-refractivity contribution in [1.29, 1.82) is 0 Å². The van der Waals surface area contributed by atoms with Crippen LogP contribution < -0.4 is 4.74 Å². The minimum absolute atomic E-state index is 0.0166. The number of piperazine rings is 1. The third-order valence-corrected chi connectivity index (χ3v) is 6.95. The molecule has 2 aliphatic rings. The van der Waals surface area contributed by atoms with Gasteiger partial charge in [0.05, 0.1) is 19.7 Å². The fourth-order valence-corrected chi connectivity index (χ4v) is 4.66. The van der Waals surface area contributed by atoms with E-state index in [2.05, 4.69) is 4.90 Å². The first-order chi connectivity index (χ1) is 19.4. The lowest BCUT2D eigenvalue weighted by Gasteiger charge is -2.42. The lowest BCUT2D eigenvalue weighted by atomic mass is 9.96. The fraction of sp³-hybridized carbons (Fsp3) is 0.621. The van der Waals surface area contributed by atoms with Crippen LogP contribution in [0, 0.1) is 5.41 Å². The molecule has 41 heavy (non-hydrogen) atoms. The number of nitrogens with zero attached hydrogens (tertiary/aromatic N) is 3. The summed E-state index contributed by atoms with van der Waals surface area (Å²) in [6.45, 7) is 10.7. The van der Waals surface area contributed by atoms with Crippen molar-refractivity contribution >= 4 is 29.7 Å². The van der Waals surface area contributed by atoms with Gasteiger partial charge in [-0.2, -0.15) is 0 Å². The lowest BCUT2D eigenvalue weighted by molar-refractivity contribution is -0.186. The van der Waals surface area contributed by atoms with E-state index in [0.29, 0.717) is 50.3 Å². The van der Waals surface area contributed by atoms with Gasteiger partial charge in [-0.1, -0.05) is 20.8 Å². The molecule has 0 aliphatic carbocycles. The summed E-state index contributed by atoms with van der Waals surface area (Å²) in [5, 5.41) is 0. The average Bonchev–Trinajstić information content (AvgIpc) is 2.92. The topological polar surface area (TPSA) is 132 Å². The second-order valence-electron chi connectivity index (χ2n) is 11.2. The summed E-state index contributed by atoms with van der Waals surface area (Å²) in [7, 11) is 0. The van der Waals surface area contributed by atoms with Gasteiger partial charge in [0.25, 0.3) is 6.29 Å². The maximum Gasteiger partial charge on any atom is 0.412 e. The maximum atomic E-state index is 12.9. The molecule has 2 fully saturated rings. The van der Waals surface area contributed by atoms with Gasteiger partial charge in [-0.15, -0.1) is 0 Å². The number of hydrogen-bond acceptors (Lipinski definition) is 10. The standard InChI is InChI=1S/C29H41N3O9/c1-6-38-26(36)19-39-23-9-7-21(8-10-23)24(34)17-32-16-15-31(18-25(32)35)22-11-13-30(14-12-22)28(37)41-27(29(3,4)5)40-20(2)33/h7-10,22,27H,6,11-19H2,1-5H3. The van der Waals surface area contributed by atoms with Crippen LogP contribution in [0.15, 0.2) is 24.3 Å². The van der Waals surface area contributed by atoms with E-state index in [9.17, 15) is 24.0 Å². The number of ether oxygens (including phenoxy) is 4. The SMILES string of the molecule is CCOC(=O)COc1ccc(C(=O)CN2CCN(C3CCN(C(=O)OC(OC(C)=O)C(C)(C)C)CC3)CC2=O)cc1. The van der Waals surface area contributed by atoms with Crippen molar-refractivity contribution in [3.05, 3.63) is 29.8 Å². The Bertz CT molecular complexity index is 1090. The molecule has 226 valence electrons. The Morgan fingerprint density at radius 1 is 0.976 bits per heavy atom. The predicted octanol–water partition coefficient (Wildman–Crippen LogP) is 2.49. The van der Waals surface area contributed by atoms with Crippen LogP contribution in [0.5, 0.6) is 5.75 Å². The predicted molar refractivity (Wildman–Crippen MR) is 147 cm³/mol. The number of rotatable bonds is 10. The van der Waals surface area contributed by atoms with Crippen LogP contribution in [0.4, 0.5) is 4.79 Å². The van der Waals surface area contributed by atoms with Crippen LogP contribution in [-0.2, 0) is 28.6 Å². The highest BCUT2D eigenvalue weighted by Gasteiger charge is 2.36. The Morgan fingerprint density at radius 2 is 1.63 bits per heavy atom. The van der Waals surface area contributed by atoms with Crippen LogP contribution in [0.2, 0.25) is 0 Å². The third-order valence-electron chi connectivity index (χ3n) is 6.95. The molecular formula is C29H41N3O9. The number of carbonyl (C=O) groups excluding carboxylic acids is 5. The van der Waals surface area contributed by atoms with Crippen molar-refractivity contribution in [2.24, 2.45) is 5.41 Å². The second kappa shape index (κ2) is 14.3. The molecular weight excluding hydrogens is 534 g/mol. The second-order valence-corrected chi connectivity index (χ2v) is 11.2. The Morgan fingerprint density at radius 3 is 2.20 bits per heavy atom. The van der Waals surface area contributed by atoms with Crippen LogP contribution in [0.3, 0.4) is 0 Å². The summed E-state index contributed by atoms with van der Waals surface area (Å²) in [6.07, 6.45) is -0.150. The quantitative estimate of drug-likeness (QED) is 0.233. The van der Waals surface area contributed by atoms with Crippen molar-refractivity contribution in [2.45, 2.75) is 59.8 Å². The van der Waals surface area contributed by atoms with Crippen molar-refractivity contribution in [3.63, 3.8) is 0 Å². The van der Waals surface area contributed by atoms with Gasteiger partial charge in [0.15, 0.2) is 12.4 Å². The molecule has 12 nitrogen and oxygen atoms in total. The number of piperidine rings is 1. The average molecular weight is 576 g/mol. The summed E-state index contributed by atoms with van der Waals surface area (Å²) in [5.74, 6) is -0.841. The Balaban J connectivity index is 1.43. The Labute approximate surface area is 240 Å². The van der Waals surface area contributed by atoms with Crippen LogP contribution in [0.1, 0.15) is 57.8 Å². The van der Waals surface area contributed by atoms with Crippen molar-refractivity contribution in [3.8, 4) is 5.75 Å². The van der Waals surface area contributed by atoms with Crippen molar-refractivity contribution in [2.75, 3.05) is 52.5 Å². The van der Waals surface area contributed by atoms with Crippen molar-refractivity contribution in [1.82, 2.24) is 14.7 Å². The highest BCUT2D eigenvalue weighted by molar-refractivity contribution is 5.99. The summed E-state index contributed by atoms with van der Waals surface area (Å²) in [5.41, 5.74) is -0.116. The largest absolute Gasteiger partial charge is 0.482 e. The summed E-state index contributed by atoms with van der Waals surface area (Å²) >= 11 is 0. The van der Waals surface area contributed by atoms with Crippen LogP contribution in [0.25, 0.3) is 0 Å². The molecule has 1 atom stereocenters. The molecule has 2 aliphatic heterocycles. The number of ketones is 1. The number of amides is 2. The molecule has 0 radical (unpaired) electrons. The molecule has 2 amide bonds. The molecule has 0 spiro atoms. The van der Waals surface area contributed by atoms with E-state index in [4.69, 9.17) is 18.9 Å². The first-order valence-electron chi connectivity index (χ1n) is 13.9. The zero-order chi connectivity index (χ0) is 30.2. The van der Waals surface area contributed by atoms with Gasteiger partial charge in [0.1, 0.15) is 5.75 Å². The minimum atomic E-state index is -0.985. The zero-order valence-electron chi connectivity index (χ0n) is 24.6. The molecule has 2 heterocycles. The van der Waals surface area contributed by atoms with Gasteiger partial charge < -0.3 is 28.7 Å². The minimum Gasteiger partial charge on any atom is -0.482 e. The number of esters is 2. The zero-order valence-corrected chi connectivity index (χ0v) is 24.6. The molecule has 1 unspecified atom stereocenters. The molecule has 0 saturated carbocycles.